The van der Waals surface area contributed by atoms with Gasteiger partial charge in [-0.2, -0.15) is 0 Å². The van der Waals surface area contributed by atoms with E-state index < -0.39 is 0 Å². The molecule has 0 radical (unpaired) electrons. The van der Waals surface area contributed by atoms with Crippen LogP contribution in [-0.4, -0.2) is 57.4 Å². The average Bonchev–Trinajstić information content (AvgIpc) is 2.63. The SMILES string of the molecule is COC[C@H]1COCCC12CCN(C(=O)COc1ccccc1)CC2. The second-order valence-electron chi connectivity index (χ2n) is 6.82. The maximum absolute atomic E-state index is 12.4. The van der Waals surface area contributed by atoms with Gasteiger partial charge in [0.05, 0.1) is 13.2 Å². The standard InChI is InChI=1S/C19H27NO4/c1-22-13-16-14-23-12-9-19(16)7-10-20(11-8-19)18(21)15-24-17-5-3-2-4-6-17/h2-6,16H,7-15H2,1H3/t16-/m0/s1. The number of ether oxygens (including phenoxy) is 3. The molecule has 3 rings (SSSR count). The number of carbonyl (C=O) groups excluding carboxylic acids is 1. The third-order valence-electron chi connectivity index (χ3n) is 5.51. The fourth-order valence-corrected chi connectivity index (χ4v) is 3.92. The summed E-state index contributed by atoms with van der Waals surface area (Å²) in [6.07, 6.45) is 3.13. The van der Waals surface area contributed by atoms with Crippen LogP contribution in [0.5, 0.6) is 5.75 Å². The Morgan fingerprint density at radius 3 is 2.71 bits per heavy atom. The number of nitrogens with zero attached hydrogens (tertiary/aromatic N) is 1. The van der Waals surface area contributed by atoms with Crippen molar-refractivity contribution in [2.75, 3.05) is 46.6 Å². The van der Waals surface area contributed by atoms with Crippen molar-refractivity contribution in [2.45, 2.75) is 19.3 Å². The molecule has 0 aromatic heterocycles. The van der Waals surface area contributed by atoms with Crippen molar-refractivity contribution in [3.05, 3.63) is 30.3 Å². The first-order chi connectivity index (χ1) is 11.7. The number of hydrogen-bond donors (Lipinski definition) is 0. The lowest BCUT2D eigenvalue weighted by Gasteiger charge is -2.48. The molecular weight excluding hydrogens is 306 g/mol. The van der Waals surface area contributed by atoms with Crippen LogP contribution in [0.25, 0.3) is 0 Å². The number of carbonyl (C=O) groups is 1. The summed E-state index contributed by atoms with van der Waals surface area (Å²) in [6.45, 7) is 4.06. The number of likely N-dealkylation sites (tertiary alicyclic amines) is 1. The lowest BCUT2D eigenvalue weighted by atomic mass is 9.66. The average molecular weight is 333 g/mol. The van der Waals surface area contributed by atoms with Crippen molar-refractivity contribution in [1.82, 2.24) is 4.90 Å². The van der Waals surface area contributed by atoms with Crippen LogP contribution in [0, 0.1) is 11.3 Å². The van der Waals surface area contributed by atoms with Gasteiger partial charge in [0.15, 0.2) is 6.61 Å². The molecule has 2 saturated heterocycles. The van der Waals surface area contributed by atoms with Crippen LogP contribution in [-0.2, 0) is 14.3 Å². The molecule has 2 fully saturated rings. The summed E-state index contributed by atoms with van der Waals surface area (Å²) in [7, 11) is 1.75. The minimum atomic E-state index is 0.0732. The third kappa shape index (κ3) is 3.90. The molecule has 0 bridgehead atoms. The normalized spacial score (nSPS) is 23.2. The van der Waals surface area contributed by atoms with E-state index >= 15 is 0 Å². The quantitative estimate of drug-likeness (QED) is 0.830. The molecule has 2 aliphatic heterocycles. The molecule has 5 heteroatoms. The van der Waals surface area contributed by atoms with Crippen LogP contribution < -0.4 is 4.74 Å². The Bertz CT molecular complexity index is 523. The summed E-state index contributed by atoms with van der Waals surface area (Å²) < 4.78 is 16.6. The Balaban J connectivity index is 1.51. The fraction of sp³-hybridized carbons (Fsp3) is 0.632. The van der Waals surface area contributed by atoms with E-state index in [9.17, 15) is 4.79 Å². The monoisotopic (exact) mass is 333 g/mol. The zero-order valence-corrected chi connectivity index (χ0v) is 14.4. The van der Waals surface area contributed by atoms with Gasteiger partial charge in [-0.15, -0.1) is 0 Å². The van der Waals surface area contributed by atoms with E-state index in [1.807, 2.05) is 35.2 Å². The smallest absolute Gasteiger partial charge is 0.260 e. The molecule has 1 amide bonds. The number of piperidine rings is 1. The van der Waals surface area contributed by atoms with E-state index in [1.165, 1.54) is 0 Å². The minimum absolute atomic E-state index is 0.0732. The molecule has 0 saturated carbocycles. The van der Waals surface area contributed by atoms with Gasteiger partial charge >= 0.3 is 0 Å². The molecule has 1 atom stereocenters. The van der Waals surface area contributed by atoms with Gasteiger partial charge in [0, 0.05) is 32.7 Å². The van der Waals surface area contributed by atoms with Crippen molar-refractivity contribution in [1.29, 1.82) is 0 Å². The summed E-state index contributed by atoms with van der Waals surface area (Å²) in [5.41, 5.74) is 0.269. The minimum Gasteiger partial charge on any atom is -0.484 e. The zero-order chi connectivity index (χ0) is 16.8. The van der Waals surface area contributed by atoms with Crippen LogP contribution >= 0.6 is 0 Å². The van der Waals surface area contributed by atoms with Gasteiger partial charge in [0.25, 0.3) is 5.91 Å². The topological polar surface area (TPSA) is 48.0 Å². The second-order valence-corrected chi connectivity index (χ2v) is 6.82. The highest BCUT2D eigenvalue weighted by Crippen LogP contribution is 2.44. The van der Waals surface area contributed by atoms with Gasteiger partial charge in [-0.25, -0.2) is 0 Å². The first-order valence-corrected chi connectivity index (χ1v) is 8.76. The molecule has 0 unspecified atom stereocenters. The van der Waals surface area contributed by atoms with E-state index in [0.29, 0.717) is 5.92 Å². The number of hydrogen-bond acceptors (Lipinski definition) is 4. The van der Waals surface area contributed by atoms with Crippen molar-refractivity contribution in [3.8, 4) is 5.75 Å². The van der Waals surface area contributed by atoms with Gasteiger partial charge in [-0.3, -0.25) is 4.79 Å². The zero-order valence-electron chi connectivity index (χ0n) is 14.4. The number of amides is 1. The van der Waals surface area contributed by atoms with E-state index in [2.05, 4.69) is 0 Å². The molecule has 5 nitrogen and oxygen atoms in total. The molecule has 1 aromatic carbocycles. The molecule has 1 aromatic rings. The van der Waals surface area contributed by atoms with Crippen molar-refractivity contribution in [3.63, 3.8) is 0 Å². The Labute approximate surface area is 143 Å². The van der Waals surface area contributed by atoms with Crippen molar-refractivity contribution < 1.29 is 19.0 Å². The van der Waals surface area contributed by atoms with Gasteiger partial charge in [-0.05, 0) is 36.8 Å². The highest BCUT2D eigenvalue weighted by atomic mass is 16.5. The van der Waals surface area contributed by atoms with E-state index in [4.69, 9.17) is 14.2 Å². The first kappa shape index (κ1) is 17.2. The molecule has 0 aliphatic carbocycles. The summed E-state index contributed by atoms with van der Waals surface area (Å²) in [5.74, 6) is 1.25. The molecule has 0 N–H and O–H groups in total. The van der Waals surface area contributed by atoms with Crippen LogP contribution in [0.1, 0.15) is 19.3 Å². The first-order valence-electron chi connectivity index (χ1n) is 8.76. The molecule has 2 aliphatic rings. The number of para-hydroxylation sites is 1. The van der Waals surface area contributed by atoms with E-state index in [1.54, 1.807) is 7.11 Å². The maximum atomic E-state index is 12.4. The van der Waals surface area contributed by atoms with Gasteiger partial charge < -0.3 is 19.1 Å². The lowest BCUT2D eigenvalue weighted by Crippen LogP contribution is -2.51. The second kappa shape index (κ2) is 7.99. The molecule has 2 heterocycles. The number of methoxy groups -OCH3 is 1. The number of rotatable bonds is 5. The van der Waals surface area contributed by atoms with Crippen molar-refractivity contribution in [2.24, 2.45) is 11.3 Å². The summed E-state index contributed by atoms with van der Waals surface area (Å²) in [6, 6.07) is 9.49. The highest BCUT2D eigenvalue weighted by molar-refractivity contribution is 5.77. The van der Waals surface area contributed by atoms with Gasteiger partial charge in [-0.1, -0.05) is 18.2 Å². The van der Waals surface area contributed by atoms with Gasteiger partial charge in [0.2, 0.25) is 0 Å². The van der Waals surface area contributed by atoms with E-state index in [-0.39, 0.29) is 17.9 Å². The number of benzene rings is 1. The predicted octanol–water partition coefficient (Wildman–Crippen LogP) is 2.36. The Hall–Kier alpha value is -1.59. The third-order valence-corrected chi connectivity index (χ3v) is 5.51. The fourth-order valence-electron chi connectivity index (χ4n) is 3.92. The Kier molecular flexibility index (Phi) is 5.74. The van der Waals surface area contributed by atoms with Crippen molar-refractivity contribution >= 4 is 5.91 Å². The summed E-state index contributed by atoms with van der Waals surface area (Å²) >= 11 is 0. The predicted molar refractivity (Wildman–Crippen MR) is 91.0 cm³/mol. The Morgan fingerprint density at radius 2 is 2.00 bits per heavy atom. The molecule has 24 heavy (non-hydrogen) atoms. The van der Waals surface area contributed by atoms with Crippen LogP contribution in [0.15, 0.2) is 30.3 Å². The largest absolute Gasteiger partial charge is 0.484 e. The van der Waals surface area contributed by atoms with Crippen LogP contribution in [0.3, 0.4) is 0 Å². The van der Waals surface area contributed by atoms with Crippen LogP contribution in [0.2, 0.25) is 0 Å². The molecule has 132 valence electrons. The van der Waals surface area contributed by atoms with E-state index in [0.717, 1.165) is 57.9 Å². The molecular formula is C19H27NO4. The lowest BCUT2D eigenvalue weighted by molar-refractivity contribution is -0.140. The summed E-state index contributed by atoms with van der Waals surface area (Å²) in [5, 5.41) is 0. The highest BCUT2D eigenvalue weighted by Gasteiger charge is 2.44. The molecule has 1 spiro atoms. The maximum Gasteiger partial charge on any atom is 0.260 e. The Morgan fingerprint density at radius 1 is 1.25 bits per heavy atom. The summed E-state index contributed by atoms with van der Waals surface area (Å²) in [4.78, 5) is 14.3. The van der Waals surface area contributed by atoms with Gasteiger partial charge in [0.1, 0.15) is 5.75 Å². The van der Waals surface area contributed by atoms with Crippen LogP contribution in [0.4, 0.5) is 0 Å².